The predicted molar refractivity (Wildman–Crippen MR) is 128 cm³/mol. The van der Waals surface area contributed by atoms with E-state index in [4.69, 9.17) is 10.5 Å². The summed E-state index contributed by atoms with van der Waals surface area (Å²) in [6.45, 7) is 0. The quantitative estimate of drug-likeness (QED) is 0.448. The Morgan fingerprint density at radius 2 is 1.53 bits per heavy atom. The Morgan fingerprint density at radius 1 is 0.844 bits per heavy atom. The molecule has 0 aliphatic carbocycles. The Hall–Kier alpha value is -4.26. The summed E-state index contributed by atoms with van der Waals surface area (Å²) in [4.78, 5) is 25.9. The number of hydrogen-bond acceptors (Lipinski definition) is 4. The van der Waals surface area contributed by atoms with E-state index in [9.17, 15) is 9.59 Å². The lowest BCUT2D eigenvalue weighted by molar-refractivity contribution is 0.415. The first-order valence-corrected chi connectivity index (χ1v) is 10.2. The minimum Gasteiger partial charge on any atom is -0.497 e. The Bertz CT molecular complexity index is 1620. The highest BCUT2D eigenvalue weighted by atomic mass is 16.5. The van der Waals surface area contributed by atoms with Crippen LogP contribution >= 0.6 is 0 Å². The van der Waals surface area contributed by atoms with Crippen molar-refractivity contribution in [1.82, 2.24) is 13.7 Å². The zero-order chi connectivity index (χ0) is 22.6. The molecule has 0 amide bonds. The number of hydrogen-bond donors (Lipinski definition) is 1. The highest BCUT2D eigenvalue weighted by Gasteiger charge is 2.21. The van der Waals surface area contributed by atoms with Crippen molar-refractivity contribution in [3.8, 4) is 22.7 Å². The van der Waals surface area contributed by atoms with E-state index in [1.54, 1.807) is 14.2 Å². The van der Waals surface area contributed by atoms with Gasteiger partial charge >= 0.3 is 5.69 Å². The standard InChI is InChI=1S/C25H22N4O3/c1-27-20-14-29(19-9-5-7-15-6-4-8-18(26)21(15)19)23(16-10-12-17(32-3)13-11-16)22(20)24(30)28(2)25(27)31/h4-14H,26H2,1-3H3. The minimum absolute atomic E-state index is 0.346. The van der Waals surface area contributed by atoms with E-state index in [-0.39, 0.29) is 11.2 Å². The predicted octanol–water partition coefficient (Wildman–Crippen LogP) is 3.44. The molecule has 7 heteroatoms. The Balaban J connectivity index is 1.99. The number of aryl methyl sites for hydroxylation is 1. The molecule has 32 heavy (non-hydrogen) atoms. The lowest BCUT2D eigenvalue weighted by Gasteiger charge is -2.14. The second-order valence-electron chi connectivity index (χ2n) is 7.76. The average Bonchev–Trinajstić information content (AvgIpc) is 3.22. The Morgan fingerprint density at radius 3 is 2.22 bits per heavy atom. The molecule has 7 nitrogen and oxygen atoms in total. The molecule has 0 fully saturated rings. The molecule has 5 rings (SSSR count). The van der Waals surface area contributed by atoms with E-state index in [0.29, 0.717) is 28.0 Å². The van der Waals surface area contributed by atoms with Crippen molar-refractivity contribution in [2.75, 3.05) is 12.8 Å². The van der Waals surface area contributed by atoms with Crippen molar-refractivity contribution >= 4 is 27.4 Å². The molecule has 160 valence electrons. The van der Waals surface area contributed by atoms with Crippen molar-refractivity contribution in [2.24, 2.45) is 14.1 Å². The molecule has 2 heterocycles. The van der Waals surface area contributed by atoms with Gasteiger partial charge < -0.3 is 15.0 Å². The van der Waals surface area contributed by atoms with E-state index in [2.05, 4.69) is 0 Å². The molecule has 0 bridgehead atoms. The summed E-state index contributed by atoms with van der Waals surface area (Å²) in [5.74, 6) is 0.714. The van der Waals surface area contributed by atoms with Crippen molar-refractivity contribution in [3.63, 3.8) is 0 Å². The summed E-state index contributed by atoms with van der Waals surface area (Å²) in [6.07, 6.45) is 1.83. The molecule has 0 saturated carbocycles. The fraction of sp³-hybridized carbons (Fsp3) is 0.120. The highest BCUT2D eigenvalue weighted by Crippen LogP contribution is 2.35. The molecular weight excluding hydrogens is 404 g/mol. The van der Waals surface area contributed by atoms with Crippen LogP contribution in [0.2, 0.25) is 0 Å². The number of nitrogen functional groups attached to an aromatic ring is 1. The number of anilines is 1. The fourth-order valence-corrected chi connectivity index (χ4v) is 4.31. The molecule has 0 unspecified atom stereocenters. The van der Waals surface area contributed by atoms with Gasteiger partial charge in [-0.05, 0) is 47.3 Å². The van der Waals surface area contributed by atoms with Crippen molar-refractivity contribution in [3.05, 3.63) is 87.7 Å². The minimum atomic E-state index is -0.377. The van der Waals surface area contributed by atoms with Gasteiger partial charge in [0.1, 0.15) is 5.75 Å². The number of ether oxygens (including phenoxy) is 1. The summed E-state index contributed by atoms with van der Waals surface area (Å²) >= 11 is 0. The van der Waals surface area contributed by atoms with Gasteiger partial charge in [0.25, 0.3) is 5.56 Å². The first kappa shape index (κ1) is 19.7. The van der Waals surface area contributed by atoms with Crippen LogP contribution in [0.25, 0.3) is 38.6 Å². The van der Waals surface area contributed by atoms with Crippen LogP contribution in [-0.4, -0.2) is 20.8 Å². The van der Waals surface area contributed by atoms with E-state index in [1.165, 1.54) is 11.6 Å². The van der Waals surface area contributed by atoms with Gasteiger partial charge in [0.05, 0.1) is 29.4 Å². The summed E-state index contributed by atoms with van der Waals surface area (Å²) in [6, 6.07) is 19.2. The third kappa shape index (κ3) is 2.75. The van der Waals surface area contributed by atoms with E-state index < -0.39 is 0 Å². The number of methoxy groups -OCH3 is 1. The first-order chi connectivity index (χ1) is 15.4. The molecule has 2 N–H and O–H groups in total. The smallest absolute Gasteiger partial charge is 0.330 e. The van der Waals surface area contributed by atoms with Crippen LogP contribution in [0.1, 0.15) is 0 Å². The summed E-state index contributed by atoms with van der Waals surface area (Å²) in [7, 11) is 4.77. The van der Waals surface area contributed by atoms with Crippen LogP contribution in [0.15, 0.2) is 76.4 Å². The zero-order valence-corrected chi connectivity index (χ0v) is 18.0. The molecule has 0 radical (unpaired) electrons. The number of nitrogens with zero attached hydrogens (tertiary/aromatic N) is 3. The number of benzene rings is 3. The van der Waals surface area contributed by atoms with Crippen molar-refractivity contribution in [2.45, 2.75) is 0 Å². The van der Waals surface area contributed by atoms with Gasteiger partial charge in [0.2, 0.25) is 0 Å². The summed E-state index contributed by atoms with van der Waals surface area (Å²) < 4.78 is 9.89. The molecule has 5 aromatic rings. The van der Waals surface area contributed by atoms with Gasteiger partial charge in [0, 0.05) is 31.4 Å². The lowest BCUT2D eigenvalue weighted by Crippen LogP contribution is -2.36. The number of nitrogens with two attached hydrogens (primary N) is 1. The number of rotatable bonds is 3. The zero-order valence-electron chi connectivity index (χ0n) is 18.0. The third-order valence-electron chi connectivity index (χ3n) is 5.98. The number of fused-ring (bicyclic) bond motifs is 2. The highest BCUT2D eigenvalue weighted by molar-refractivity contribution is 6.02. The molecule has 0 spiro atoms. The summed E-state index contributed by atoms with van der Waals surface area (Å²) in [5.41, 5.74) is 9.18. The van der Waals surface area contributed by atoms with Crippen molar-refractivity contribution < 1.29 is 4.74 Å². The SMILES string of the molecule is COc1ccc(-c2c3c(=O)n(C)c(=O)n(C)c3cn2-c2cccc3cccc(N)c23)cc1. The van der Waals surface area contributed by atoms with Crippen LogP contribution in [0.5, 0.6) is 5.75 Å². The Kier molecular flexibility index (Phi) is 4.41. The largest absolute Gasteiger partial charge is 0.497 e. The first-order valence-electron chi connectivity index (χ1n) is 10.2. The molecule has 0 aliphatic heterocycles. The van der Waals surface area contributed by atoms with E-state index in [1.807, 2.05) is 71.4 Å². The normalized spacial score (nSPS) is 11.3. The average molecular weight is 426 g/mol. The molecule has 0 aliphatic rings. The van der Waals surface area contributed by atoms with Gasteiger partial charge in [-0.25, -0.2) is 4.79 Å². The lowest BCUT2D eigenvalue weighted by atomic mass is 10.1. The van der Waals surface area contributed by atoms with Crippen molar-refractivity contribution in [1.29, 1.82) is 0 Å². The second-order valence-corrected chi connectivity index (χ2v) is 7.76. The third-order valence-corrected chi connectivity index (χ3v) is 5.98. The van der Waals surface area contributed by atoms with Crippen LogP contribution in [-0.2, 0) is 14.1 Å². The maximum atomic E-state index is 13.3. The summed E-state index contributed by atoms with van der Waals surface area (Å²) in [5, 5.41) is 2.33. The van der Waals surface area contributed by atoms with Gasteiger partial charge in [-0.1, -0.05) is 24.3 Å². The van der Waals surface area contributed by atoms with Gasteiger partial charge in [-0.3, -0.25) is 13.9 Å². The van der Waals surface area contributed by atoms with Gasteiger partial charge in [0.15, 0.2) is 0 Å². The topological polar surface area (TPSA) is 84.2 Å². The van der Waals surface area contributed by atoms with E-state index in [0.717, 1.165) is 26.6 Å². The van der Waals surface area contributed by atoms with Crippen LogP contribution in [0, 0.1) is 0 Å². The maximum Gasteiger partial charge on any atom is 0.330 e. The van der Waals surface area contributed by atoms with Crippen LogP contribution in [0.4, 0.5) is 5.69 Å². The molecule has 0 atom stereocenters. The monoisotopic (exact) mass is 426 g/mol. The fourth-order valence-electron chi connectivity index (χ4n) is 4.31. The maximum absolute atomic E-state index is 13.3. The van der Waals surface area contributed by atoms with Crippen LogP contribution < -0.4 is 21.7 Å². The molecular formula is C25H22N4O3. The molecule has 3 aromatic carbocycles. The second kappa shape index (κ2) is 7.16. The van der Waals surface area contributed by atoms with Gasteiger partial charge in [-0.2, -0.15) is 0 Å². The van der Waals surface area contributed by atoms with Crippen LogP contribution in [0.3, 0.4) is 0 Å². The Labute approximate surface area is 183 Å². The van der Waals surface area contributed by atoms with Gasteiger partial charge in [-0.15, -0.1) is 0 Å². The van der Waals surface area contributed by atoms with E-state index >= 15 is 0 Å². The molecule has 2 aromatic heterocycles. The number of aromatic nitrogens is 3. The molecule has 0 saturated heterocycles.